The van der Waals surface area contributed by atoms with Gasteiger partial charge in [0, 0.05) is 21.3 Å². The third-order valence-electron chi connectivity index (χ3n) is 3.91. The molecule has 4 aromatic rings. The third kappa shape index (κ3) is 2.88. The fourth-order valence-electron chi connectivity index (χ4n) is 2.78. The summed E-state index contributed by atoms with van der Waals surface area (Å²) in [6.07, 6.45) is 3.25. The molecular weight excluding hydrogens is 425 g/mol. The van der Waals surface area contributed by atoms with Gasteiger partial charge >= 0.3 is 0 Å². The number of fused-ring (bicyclic) bond motifs is 1. The van der Waals surface area contributed by atoms with Crippen molar-refractivity contribution in [3.05, 3.63) is 79.9 Å². The van der Waals surface area contributed by atoms with E-state index in [2.05, 4.69) is 25.9 Å². The lowest BCUT2D eigenvalue weighted by Gasteiger charge is -2.07. The minimum atomic E-state index is -0.202. The molecule has 0 bridgehead atoms. The maximum atomic E-state index is 12.5. The molecule has 2 heterocycles. The zero-order chi connectivity index (χ0) is 17.6. The maximum absolute atomic E-state index is 12.5. The molecule has 1 N–H and O–H groups in total. The van der Waals surface area contributed by atoms with Crippen LogP contribution in [-0.2, 0) is 0 Å². The van der Waals surface area contributed by atoms with E-state index in [0.29, 0.717) is 26.8 Å². The number of aromatic nitrogens is 3. The molecule has 4 rings (SSSR count). The lowest BCUT2D eigenvalue weighted by Crippen LogP contribution is -2.07. The second-order valence-corrected chi connectivity index (χ2v) is 7.20. The van der Waals surface area contributed by atoms with E-state index in [1.165, 1.54) is 6.33 Å². The molecule has 0 aliphatic heterocycles. The number of H-pyrrole nitrogens is 1. The van der Waals surface area contributed by atoms with Crippen molar-refractivity contribution in [3.63, 3.8) is 0 Å². The summed E-state index contributed by atoms with van der Waals surface area (Å²) in [4.78, 5) is 19.4. The van der Waals surface area contributed by atoms with Gasteiger partial charge in [-0.3, -0.25) is 9.36 Å². The molecule has 4 nitrogen and oxygen atoms in total. The van der Waals surface area contributed by atoms with Crippen LogP contribution >= 0.6 is 39.1 Å². The Morgan fingerprint density at radius 1 is 1.08 bits per heavy atom. The Bertz CT molecular complexity index is 1150. The number of halogens is 3. The van der Waals surface area contributed by atoms with Gasteiger partial charge in [0.15, 0.2) is 5.65 Å². The first-order chi connectivity index (χ1) is 12.0. The van der Waals surface area contributed by atoms with Crippen molar-refractivity contribution in [2.24, 2.45) is 0 Å². The first-order valence-electron chi connectivity index (χ1n) is 7.35. The summed E-state index contributed by atoms with van der Waals surface area (Å²) in [5.74, 6) is 0. The van der Waals surface area contributed by atoms with E-state index in [-0.39, 0.29) is 5.56 Å². The molecule has 0 aliphatic rings. The summed E-state index contributed by atoms with van der Waals surface area (Å²) in [5, 5.41) is 1.54. The molecule has 0 atom stereocenters. The molecule has 124 valence electrons. The second kappa shape index (κ2) is 6.33. The van der Waals surface area contributed by atoms with Gasteiger partial charge in [-0.1, -0.05) is 51.3 Å². The largest absolute Gasteiger partial charge is 0.312 e. The first kappa shape index (κ1) is 16.4. The van der Waals surface area contributed by atoms with Crippen molar-refractivity contribution in [3.8, 4) is 16.8 Å². The van der Waals surface area contributed by atoms with Crippen molar-refractivity contribution in [1.29, 1.82) is 0 Å². The second-order valence-electron chi connectivity index (χ2n) is 5.45. The van der Waals surface area contributed by atoms with E-state index in [0.717, 1.165) is 15.6 Å². The first-order valence-corrected chi connectivity index (χ1v) is 8.89. The summed E-state index contributed by atoms with van der Waals surface area (Å²) >= 11 is 15.8. The van der Waals surface area contributed by atoms with Crippen LogP contribution in [0.25, 0.3) is 27.8 Å². The summed E-state index contributed by atoms with van der Waals surface area (Å²) in [7, 11) is 0. The van der Waals surface area contributed by atoms with Crippen molar-refractivity contribution in [2.75, 3.05) is 0 Å². The highest BCUT2D eigenvalue weighted by Gasteiger charge is 2.17. The van der Waals surface area contributed by atoms with Gasteiger partial charge < -0.3 is 4.98 Å². The highest BCUT2D eigenvalue weighted by molar-refractivity contribution is 9.10. The van der Waals surface area contributed by atoms with Gasteiger partial charge in [0.25, 0.3) is 5.56 Å². The van der Waals surface area contributed by atoms with Gasteiger partial charge in [0.05, 0.1) is 22.4 Å². The smallest absolute Gasteiger partial charge is 0.260 e. The van der Waals surface area contributed by atoms with Crippen LogP contribution in [0.1, 0.15) is 0 Å². The minimum Gasteiger partial charge on any atom is -0.312 e. The number of rotatable bonds is 2. The average Bonchev–Trinajstić information content (AvgIpc) is 2.96. The maximum Gasteiger partial charge on any atom is 0.260 e. The molecule has 0 amide bonds. The Hall–Kier alpha value is -2.08. The summed E-state index contributed by atoms with van der Waals surface area (Å²) in [6.45, 7) is 0. The van der Waals surface area contributed by atoms with Crippen LogP contribution in [0.4, 0.5) is 0 Å². The number of benzene rings is 2. The van der Waals surface area contributed by atoms with Crippen molar-refractivity contribution in [2.45, 2.75) is 0 Å². The molecule has 0 unspecified atom stereocenters. The van der Waals surface area contributed by atoms with Gasteiger partial charge in [-0.25, -0.2) is 4.98 Å². The Morgan fingerprint density at radius 2 is 1.84 bits per heavy atom. The lowest BCUT2D eigenvalue weighted by molar-refractivity contribution is 1.07. The van der Waals surface area contributed by atoms with Gasteiger partial charge in [-0.2, -0.15) is 0 Å². The fourth-order valence-corrected chi connectivity index (χ4v) is 3.54. The van der Waals surface area contributed by atoms with E-state index in [9.17, 15) is 4.79 Å². The highest BCUT2D eigenvalue weighted by atomic mass is 79.9. The van der Waals surface area contributed by atoms with E-state index >= 15 is 0 Å². The van der Waals surface area contributed by atoms with Crippen LogP contribution in [0.3, 0.4) is 0 Å². The Balaban J connectivity index is 2.05. The average molecular weight is 435 g/mol. The quantitative estimate of drug-likeness (QED) is 0.456. The van der Waals surface area contributed by atoms with Crippen LogP contribution in [-0.4, -0.2) is 14.5 Å². The molecule has 2 aromatic heterocycles. The normalized spacial score (nSPS) is 11.2. The number of hydrogen-bond acceptors (Lipinski definition) is 2. The van der Waals surface area contributed by atoms with E-state index in [1.54, 1.807) is 22.8 Å². The Morgan fingerprint density at radius 3 is 2.56 bits per heavy atom. The van der Waals surface area contributed by atoms with Crippen LogP contribution in [0.15, 0.2) is 64.3 Å². The fraction of sp³-hybridized carbons (Fsp3) is 0. The lowest BCUT2D eigenvalue weighted by atomic mass is 10.1. The van der Waals surface area contributed by atoms with Crippen LogP contribution in [0.2, 0.25) is 10.0 Å². The summed E-state index contributed by atoms with van der Waals surface area (Å²) in [6, 6.07) is 13.0. The van der Waals surface area contributed by atoms with Crippen LogP contribution in [0.5, 0.6) is 0 Å². The summed E-state index contributed by atoms with van der Waals surface area (Å²) in [5.41, 5.74) is 2.73. The molecule has 0 aliphatic carbocycles. The van der Waals surface area contributed by atoms with E-state index in [4.69, 9.17) is 23.2 Å². The minimum absolute atomic E-state index is 0.202. The van der Waals surface area contributed by atoms with Crippen molar-refractivity contribution in [1.82, 2.24) is 14.5 Å². The van der Waals surface area contributed by atoms with E-state index < -0.39 is 0 Å². The van der Waals surface area contributed by atoms with Crippen molar-refractivity contribution < 1.29 is 0 Å². The number of hydrogen-bond donors (Lipinski definition) is 1. The van der Waals surface area contributed by atoms with Crippen LogP contribution in [0, 0.1) is 0 Å². The monoisotopic (exact) mass is 433 g/mol. The summed E-state index contributed by atoms with van der Waals surface area (Å²) < 4.78 is 2.77. The molecule has 7 heteroatoms. The molecule has 0 saturated heterocycles. The van der Waals surface area contributed by atoms with Gasteiger partial charge in [0.1, 0.15) is 0 Å². The Kier molecular flexibility index (Phi) is 4.15. The molecule has 0 fully saturated rings. The Labute approximate surface area is 161 Å². The van der Waals surface area contributed by atoms with Gasteiger partial charge in [-0.15, -0.1) is 0 Å². The van der Waals surface area contributed by atoms with E-state index in [1.807, 2.05) is 30.5 Å². The number of nitrogens with one attached hydrogen (secondary N) is 1. The predicted molar refractivity (Wildman–Crippen MR) is 105 cm³/mol. The number of aromatic amines is 1. The number of nitrogens with zero attached hydrogens (tertiary/aromatic N) is 2. The zero-order valence-corrected chi connectivity index (χ0v) is 15.7. The van der Waals surface area contributed by atoms with Crippen LogP contribution < -0.4 is 5.56 Å². The molecule has 0 radical (unpaired) electrons. The molecule has 0 saturated carbocycles. The molecule has 25 heavy (non-hydrogen) atoms. The molecular formula is C18H10BrCl2N3O. The molecule has 0 spiro atoms. The highest BCUT2D eigenvalue weighted by Crippen LogP contribution is 2.33. The molecule has 2 aromatic carbocycles. The topological polar surface area (TPSA) is 50.7 Å². The zero-order valence-electron chi connectivity index (χ0n) is 12.6. The third-order valence-corrected chi connectivity index (χ3v) is 4.98. The van der Waals surface area contributed by atoms with Gasteiger partial charge in [0.2, 0.25) is 0 Å². The SMILES string of the molecule is O=c1[nH]cnc2c1c(-c1ccc(Br)cc1)cn2-c1ccc(Cl)cc1Cl. The predicted octanol–water partition coefficient (Wildman–Crippen LogP) is 5.45. The standard InChI is InChI=1S/C18H10BrCl2N3O/c19-11-3-1-10(2-4-11)13-8-24(15-6-5-12(20)7-14(15)21)17-16(13)18(25)23-9-22-17/h1-9H,(H,22,23,25). The van der Waals surface area contributed by atoms with Crippen molar-refractivity contribution >= 4 is 50.2 Å². The van der Waals surface area contributed by atoms with Gasteiger partial charge in [-0.05, 0) is 35.9 Å².